The molecule has 0 aromatic carbocycles. The molecule has 1 atom stereocenters. The first-order valence-electron chi connectivity index (χ1n) is 7.38. The fraction of sp³-hybridized carbons (Fsp3) is 0.667. The van der Waals surface area contributed by atoms with Crippen LogP contribution in [-0.2, 0) is 9.36 Å². The molecule has 0 fully saturated rings. The molecule has 2 N–H and O–H groups in total. The Balaban J connectivity index is 4.29. The molecule has 1 amide bonds. The van der Waals surface area contributed by atoms with E-state index in [9.17, 15) is 14.6 Å². The monoisotopic (exact) mass is 316 g/mol. The molecule has 5 nitrogen and oxygen atoms in total. The van der Waals surface area contributed by atoms with E-state index in [-0.39, 0.29) is 18.9 Å². The van der Waals surface area contributed by atoms with Crippen molar-refractivity contribution >= 4 is 13.0 Å². The van der Waals surface area contributed by atoms with E-state index in [1.54, 1.807) is 20.3 Å². The third kappa shape index (κ3) is 9.62. The summed E-state index contributed by atoms with van der Waals surface area (Å²) < 4.78 is 12.3. The molecule has 1 unspecified atom stereocenters. The van der Waals surface area contributed by atoms with Crippen LogP contribution in [0.25, 0.3) is 0 Å². The average molecular weight is 316 g/mol. The fourth-order valence-electron chi connectivity index (χ4n) is 1.82. The third-order valence-electron chi connectivity index (χ3n) is 3.11. The maximum Gasteiger partial charge on any atom is 0.259 e. The Bertz CT molecular complexity index is 402. The van der Waals surface area contributed by atoms with Crippen molar-refractivity contribution in [2.24, 2.45) is 0 Å². The molecule has 0 radical (unpaired) electrons. The number of allylic oxidation sites excluding steroid dienone is 4. The van der Waals surface area contributed by atoms with Gasteiger partial charge in [-0.1, -0.05) is 24.3 Å². The van der Waals surface area contributed by atoms with Crippen molar-refractivity contribution < 1.29 is 14.6 Å². The maximum absolute atomic E-state index is 12.3. The summed E-state index contributed by atoms with van der Waals surface area (Å²) in [6.07, 6.45) is 10.6. The van der Waals surface area contributed by atoms with Gasteiger partial charge in [0.1, 0.15) is 0 Å². The predicted octanol–water partition coefficient (Wildman–Crippen LogP) is 3.07. The standard InChI is InChI=1S/C15H29N2O3P/c1-5-7-8-9-10-11-12-14(21(3,4)20)16-13-15(18)17(19)6-2/h5,7-9,14,16,19H,6,10-13H2,1-4H3/b7-5-,9-8-. The number of amides is 1. The number of carbonyl (C=O) groups is 1. The summed E-state index contributed by atoms with van der Waals surface area (Å²) in [6, 6.07) is 0. The highest BCUT2D eigenvalue weighted by Crippen LogP contribution is 2.43. The van der Waals surface area contributed by atoms with E-state index < -0.39 is 13.0 Å². The van der Waals surface area contributed by atoms with Crippen molar-refractivity contribution in [3.05, 3.63) is 24.3 Å². The van der Waals surface area contributed by atoms with Crippen LogP contribution in [-0.4, -0.2) is 48.4 Å². The Hall–Kier alpha value is -0.900. The first kappa shape index (κ1) is 20.1. The molecule has 6 heteroatoms. The molecule has 0 aliphatic heterocycles. The zero-order valence-corrected chi connectivity index (χ0v) is 14.5. The van der Waals surface area contributed by atoms with Gasteiger partial charge in [-0.05, 0) is 46.4 Å². The SMILES string of the molecule is C/C=C\C=C/CCCC(NCC(=O)N(O)CC)P(C)(C)=O. The summed E-state index contributed by atoms with van der Waals surface area (Å²) in [7, 11) is -2.33. The topological polar surface area (TPSA) is 69.6 Å². The van der Waals surface area contributed by atoms with Gasteiger partial charge in [-0.3, -0.25) is 15.3 Å². The Morgan fingerprint density at radius 1 is 1.38 bits per heavy atom. The normalized spacial score (nSPS) is 14.0. The molecule has 0 saturated carbocycles. The number of rotatable bonds is 10. The van der Waals surface area contributed by atoms with Crippen molar-refractivity contribution in [3.8, 4) is 0 Å². The van der Waals surface area contributed by atoms with Crippen molar-refractivity contribution in [2.45, 2.75) is 38.9 Å². The second-order valence-electron chi connectivity index (χ2n) is 5.33. The summed E-state index contributed by atoms with van der Waals surface area (Å²) in [5.41, 5.74) is 0. The van der Waals surface area contributed by atoms with Crippen LogP contribution in [0.5, 0.6) is 0 Å². The van der Waals surface area contributed by atoms with Crippen LogP contribution in [0.3, 0.4) is 0 Å². The summed E-state index contributed by atoms with van der Waals surface area (Å²) in [5.74, 6) is -0.592. The molecule has 0 aliphatic rings. The van der Waals surface area contributed by atoms with E-state index in [0.717, 1.165) is 19.3 Å². The fourth-order valence-corrected chi connectivity index (χ4v) is 3.16. The first-order chi connectivity index (χ1) is 9.82. The second-order valence-corrected chi connectivity index (χ2v) is 8.82. The number of nitrogens with zero attached hydrogens (tertiary/aromatic N) is 1. The minimum absolute atomic E-state index is 0.00902. The third-order valence-corrected chi connectivity index (χ3v) is 5.06. The lowest BCUT2D eigenvalue weighted by Crippen LogP contribution is -2.40. The summed E-state index contributed by atoms with van der Waals surface area (Å²) >= 11 is 0. The van der Waals surface area contributed by atoms with Gasteiger partial charge in [0, 0.05) is 6.54 Å². The predicted molar refractivity (Wildman–Crippen MR) is 88.2 cm³/mol. The van der Waals surface area contributed by atoms with E-state index in [0.29, 0.717) is 5.06 Å². The molecular formula is C15H29N2O3P. The van der Waals surface area contributed by atoms with Gasteiger partial charge >= 0.3 is 0 Å². The van der Waals surface area contributed by atoms with Crippen LogP contribution < -0.4 is 5.32 Å². The maximum atomic E-state index is 12.3. The number of hydrogen-bond acceptors (Lipinski definition) is 4. The van der Waals surface area contributed by atoms with E-state index in [1.807, 2.05) is 25.2 Å². The van der Waals surface area contributed by atoms with E-state index in [4.69, 9.17) is 0 Å². The second kappa shape index (κ2) is 10.8. The lowest BCUT2D eigenvalue weighted by atomic mass is 10.2. The molecule has 122 valence electrons. The van der Waals surface area contributed by atoms with Gasteiger partial charge in [0.2, 0.25) is 0 Å². The number of nitrogens with one attached hydrogen (secondary N) is 1. The molecule has 0 bridgehead atoms. The number of hydrogen-bond donors (Lipinski definition) is 2. The van der Waals surface area contributed by atoms with Crippen molar-refractivity contribution in [1.29, 1.82) is 0 Å². The Morgan fingerprint density at radius 3 is 2.57 bits per heavy atom. The quantitative estimate of drug-likeness (QED) is 0.214. The molecule has 0 rings (SSSR count). The van der Waals surface area contributed by atoms with E-state index in [1.165, 1.54) is 0 Å². The lowest BCUT2D eigenvalue weighted by Gasteiger charge is -2.23. The van der Waals surface area contributed by atoms with Crippen LogP contribution in [0.1, 0.15) is 33.1 Å². The number of likely N-dealkylation sites (N-methyl/N-ethyl adjacent to an activating group) is 1. The highest BCUT2D eigenvalue weighted by Gasteiger charge is 2.23. The smallest absolute Gasteiger partial charge is 0.259 e. The average Bonchev–Trinajstić information content (AvgIpc) is 2.42. The van der Waals surface area contributed by atoms with Crippen LogP contribution in [0.2, 0.25) is 0 Å². The van der Waals surface area contributed by atoms with Gasteiger partial charge in [0.05, 0.1) is 19.5 Å². The van der Waals surface area contributed by atoms with E-state index >= 15 is 0 Å². The van der Waals surface area contributed by atoms with Gasteiger partial charge in [-0.15, -0.1) is 0 Å². The van der Waals surface area contributed by atoms with Crippen LogP contribution in [0, 0.1) is 0 Å². The molecule has 0 heterocycles. The Morgan fingerprint density at radius 2 is 2.05 bits per heavy atom. The highest BCUT2D eigenvalue weighted by molar-refractivity contribution is 7.63. The molecule has 0 saturated heterocycles. The molecule has 0 spiro atoms. The minimum atomic E-state index is -2.33. The van der Waals surface area contributed by atoms with Gasteiger partial charge in [-0.2, -0.15) is 0 Å². The number of hydroxylamine groups is 2. The Labute approximate surface area is 128 Å². The van der Waals surface area contributed by atoms with Gasteiger partial charge in [-0.25, -0.2) is 5.06 Å². The molecule has 21 heavy (non-hydrogen) atoms. The first-order valence-corrected chi connectivity index (χ1v) is 10.0. The molecule has 0 aromatic rings. The summed E-state index contributed by atoms with van der Waals surface area (Å²) in [5, 5.41) is 13.0. The van der Waals surface area contributed by atoms with Gasteiger partial charge in [0.25, 0.3) is 5.91 Å². The lowest BCUT2D eigenvalue weighted by molar-refractivity contribution is -0.163. The zero-order chi connectivity index (χ0) is 16.3. The molecule has 0 aromatic heterocycles. The van der Waals surface area contributed by atoms with Crippen LogP contribution in [0.4, 0.5) is 0 Å². The van der Waals surface area contributed by atoms with Crippen molar-refractivity contribution in [3.63, 3.8) is 0 Å². The van der Waals surface area contributed by atoms with Gasteiger partial charge in [0.15, 0.2) is 0 Å². The molecular weight excluding hydrogens is 287 g/mol. The molecule has 0 aliphatic carbocycles. The van der Waals surface area contributed by atoms with Crippen molar-refractivity contribution in [2.75, 3.05) is 26.4 Å². The summed E-state index contributed by atoms with van der Waals surface area (Å²) in [4.78, 5) is 11.6. The summed E-state index contributed by atoms with van der Waals surface area (Å²) in [6.45, 7) is 7.36. The highest BCUT2D eigenvalue weighted by atomic mass is 31.2. The van der Waals surface area contributed by atoms with Crippen LogP contribution >= 0.6 is 7.14 Å². The van der Waals surface area contributed by atoms with Crippen LogP contribution in [0.15, 0.2) is 24.3 Å². The van der Waals surface area contributed by atoms with E-state index in [2.05, 4.69) is 11.4 Å². The Kier molecular flexibility index (Phi) is 10.3. The number of carbonyl (C=O) groups excluding carboxylic acids is 1. The van der Waals surface area contributed by atoms with Gasteiger partial charge < -0.3 is 4.57 Å². The van der Waals surface area contributed by atoms with Crippen molar-refractivity contribution in [1.82, 2.24) is 10.4 Å². The largest absolute Gasteiger partial charge is 0.323 e. The minimum Gasteiger partial charge on any atom is -0.323 e. The zero-order valence-electron chi connectivity index (χ0n) is 13.6. The number of unbranched alkanes of at least 4 members (excludes halogenated alkanes) is 1.